The molecule has 0 aliphatic heterocycles. The Morgan fingerprint density at radius 1 is 0.968 bits per heavy atom. The Bertz CT molecular complexity index is 1300. The Morgan fingerprint density at radius 3 is 2.45 bits per heavy atom. The average Bonchev–Trinajstić information content (AvgIpc) is 3.09. The first-order chi connectivity index (χ1) is 15.0. The minimum atomic E-state index is -0.501. The zero-order chi connectivity index (χ0) is 21.8. The molecule has 8 nitrogen and oxygen atoms in total. The van der Waals surface area contributed by atoms with Crippen LogP contribution in [0.1, 0.15) is 15.9 Å². The third-order valence-corrected chi connectivity index (χ3v) is 5.09. The number of anilines is 1. The van der Waals surface area contributed by atoms with Crippen LogP contribution in [-0.2, 0) is 17.9 Å². The fourth-order valence-corrected chi connectivity index (χ4v) is 3.27. The van der Waals surface area contributed by atoms with Gasteiger partial charge in [0.05, 0.1) is 5.56 Å². The number of pyridine rings is 1. The van der Waals surface area contributed by atoms with Gasteiger partial charge in [-0.05, 0) is 42.0 Å². The lowest BCUT2D eigenvalue weighted by molar-refractivity contribution is -0.117. The monoisotopic (exact) mass is 479 g/mol. The number of amides is 2. The molecule has 2 amide bonds. The molecule has 2 N–H and O–H groups in total. The van der Waals surface area contributed by atoms with Crippen LogP contribution in [0.2, 0.25) is 0 Å². The quantitative estimate of drug-likeness (QED) is 0.444. The summed E-state index contributed by atoms with van der Waals surface area (Å²) in [4.78, 5) is 37.4. The van der Waals surface area contributed by atoms with Gasteiger partial charge in [0, 0.05) is 22.9 Å². The highest BCUT2D eigenvalue weighted by atomic mass is 79.9. The molecule has 0 saturated carbocycles. The second kappa shape index (κ2) is 8.97. The highest BCUT2D eigenvalue weighted by Gasteiger charge is 2.13. The summed E-state index contributed by atoms with van der Waals surface area (Å²) in [6, 6.07) is 19.8. The number of nitrogens with zero attached hydrogens (tertiary/aromatic N) is 3. The third-order valence-electron chi connectivity index (χ3n) is 4.56. The predicted octanol–water partition coefficient (Wildman–Crippen LogP) is 2.83. The van der Waals surface area contributed by atoms with E-state index in [1.165, 1.54) is 10.6 Å². The maximum Gasteiger partial charge on any atom is 0.350 e. The van der Waals surface area contributed by atoms with Gasteiger partial charge in [0.15, 0.2) is 5.65 Å². The summed E-state index contributed by atoms with van der Waals surface area (Å²) in [5.74, 6) is -0.688. The lowest BCUT2D eigenvalue weighted by Gasteiger charge is -2.05. The molecule has 0 aliphatic rings. The number of hydrogen-bond acceptors (Lipinski definition) is 4. The van der Waals surface area contributed by atoms with Crippen molar-refractivity contribution in [2.24, 2.45) is 0 Å². The van der Waals surface area contributed by atoms with E-state index in [2.05, 4.69) is 31.7 Å². The van der Waals surface area contributed by atoms with Crippen LogP contribution in [-0.4, -0.2) is 26.0 Å². The van der Waals surface area contributed by atoms with Crippen LogP contribution < -0.4 is 16.3 Å². The molecule has 9 heteroatoms. The summed E-state index contributed by atoms with van der Waals surface area (Å²) in [6.07, 6.45) is 1.42. The topological polar surface area (TPSA) is 97.5 Å². The highest BCUT2D eigenvalue weighted by molar-refractivity contribution is 9.10. The van der Waals surface area contributed by atoms with Gasteiger partial charge in [-0.15, -0.1) is 5.10 Å². The summed E-state index contributed by atoms with van der Waals surface area (Å²) in [7, 11) is 0. The fraction of sp³-hybridized carbons (Fsp3) is 0.0909. The van der Waals surface area contributed by atoms with E-state index in [0.29, 0.717) is 23.4 Å². The molecule has 4 rings (SSSR count). The molecule has 156 valence electrons. The Balaban J connectivity index is 1.47. The van der Waals surface area contributed by atoms with E-state index in [-0.39, 0.29) is 18.4 Å². The Morgan fingerprint density at radius 2 is 1.71 bits per heavy atom. The molecule has 0 spiro atoms. The average molecular weight is 480 g/mol. The SMILES string of the molecule is O=C(Cn1nc2ccc(C(=O)NCc3ccccc3)cn2c1=O)Nc1ccc(Br)cc1. The molecule has 0 atom stereocenters. The lowest BCUT2D eigenvalue weighted by atomic mass is 10.2. The van der Waals surface area contributed by atoms with Crippen LogP contribution in [0.15, 0.2) is 82.2 Å². The second-order valence-electron chi connectivity index (χ2n) is 6.81. The van der Waals surface area contributed by atoms with Crippen LogP contribution in [0.3, 0.4) is 0 Å². The zero-order valence-corrected chi connectivity index (χ0v) is 17.9. The molecule has 31 heavy (non-hydrogen) atoms. The molecule has 2 aromatic heterocycles. The van der Waals surface area contributed by atoms with E-state index in [1.54, 1.807) is 36.4 Å². The molecule has 2 aromatic carbocycles. The molecule has 0 aliphatic carbocycles. The van der Waals surface area contributed by atoms with Gasteiger partial charge in [0.25, 0.3) is 5.91 Å². The standard InChI is InChI=1S/C22H18BrN5O3/c23-17-7-9-18(10-8-17)25-20(29)14-28-22(31)27-13-16(6-11-19(27)26-28)21(30)24-12-15-4-2-1-3-5-15/h1-11,13H,12,14H2,(H,24,30)(H,25,29). The van der Waals surface area contributed by atoms with Crippen molar-refractivity contribution in [3.05, 3.63) is 99.0 Å². The van der Waals surface area contributed by atoms with E-state index in [1.807, 2.05) is 30.3 Å². The van der Waals surface area contributed by atoms with Gasteiger partial charge < -0.3 is 10.6 Å². The molecule has 2 heterocycles. The number of benzene rings is 2. The molecule has 0 bridgehead atoms. The Kier molecular flexibility index (Phi) is 5.94. The maximum atomic E-state index is 12.7. The number of hydrogen-bond donors (Lipinski definition) is 2. The largest absolute Gasteiger partial charge is 0.350 e. The summed E-state index contributed by atoms with van der Waals surface area (Å²) in [5, 5.41) is 9.71. The van der Waals surface area contributed by atoms with Crippen molar-refractivity contribution in [2.45, 2.75) is 13.1 Å². The lowest BCUT2D eigenvalue weighted by Crippen LogP contribution is -2.28. The van der Waals surface area contributed by atoms with Gasteiger partial charge in [-0.25, -0.2) is 13.9 Å². The summed E-state index contributed by atoms with van der Waals surface area (Å²) < 4.78 is 3.21. The molecule has 0 unspecified atom stereocenters. The minimum absolute atomic E-state index is 0.244. The Labute approximate surface area is 185 Å². The van der Waals surface area contributed by atoms with Crippen molar-refractivity contribution >= 4 is 39.1 Å². The molecule has 0 saturated heterocycles. The van der Waals surface area contributed by atoms with Gasteiger partial charge in [0.2, 0.25) is 5.91 Å². The summed E-state index contributed by atoms with van der Waals surface area (Å²) in [5.41, 5.74) is 1.75. The van der Waals surface area contributed by atoms with Crippen molar-refractivity contribution in [3.63, 3.8) is 0 Å². The summed E-state index contributed by atoms with van der Waals surface area (Å²) in [6.45, 7) is 0.133. The van der Waals surface area contributed by atoms with Gasteiger partial charge in [0.1, 0.15) is 6.54 Å². The molecular weight excluding hydrogens is 462 g/mol. The van der Waals surface area contributed by atoms with E-state index in [9.17, 15) is 14.4 Å². The minimum Gasteiger partial charge on any atom is -0.348 e. The van der Waals surface area contributed by atoms with Crippen molar-refractivity contribution in [2.75, 3.05) is 5.32 Å². The number of carbonyl (C=O) groups is 2. The van der Waals surface area contributed by atoms with Gasteiger partial charge in [-0.2, -0.15) is 0 Å². The molecule has 0 fully saturated rings. The highest BCUT2D eigenvalue weighted by Crippen LogP contribution is 2.14. The molecule has 4 aromatic rings. The third kappa shape index (κ3) is 4.89. The number of aromatic nitrogens is 3. The predicted molar refractivity (Wildman–Crippen MR) is 120 cm³/mol. The first-order valence-electron chi connectivity index (χ1n) is 9.46. The number of carbonyl (C=O) groups excluding carboxylic acids is 2. The van der Waals surface area contributed by atoms with Crippen LogP contribution in [0.4, 0.5) is 5.69 Å². The van der Waals surface area contributed by atoms with Gasteiger partial charge in [-0.1, -0.05) is 46.3 Å². The van der Waals surface area contributed by atoms with Crippen molar-refractivity contribution in [1.82, 2.24) is 19.5 Å². The number of fused-ring (bicyclic) bond motifs is 1. The Hall–Kier alpha value is -3.72. The van der Waals surface area contributed by atoms with Crippen LogP contribution in [0, 0.1) is 0 Å². The van der Waals surface area contributed by atoms with Crippen LogP contribution in [0.25, 0.3) is 5.65 Å². The fourth-order valence-electron chi connectivity index (χ4n) is 3.01. The summed E-state index contributed by atoms with van der Waals surface area (Å²) >= 11 is 3.33. The first kappa shape index (κ1) is 20.5. The number of nitrogens with one attached hydrogen (secondary N) is 2. The molecule has 0 radical (unpaired) electrons. The van der Waals surface area contributed by atoms with Crippen molar-refractivity contribution in [1.29, 1.82) is 0 Å². The van der Waals surface area contributed by atoms with Gasteiger partial charge >= 0.3 is 5.69 Å². The van der Waals surface area contributed by atoms with E-state index >= 15 is 0 Å². The molecular formula is C22H18BrN5O3. The zero-order valence-electron chi connectivity index (χ0n) is 16.3. The number of halogens is 1. The normalized spacial score (nSPS) is 10.7. The maximum absolute atomic E-state index is 12.7. The van der Waals surface area contributed by atoms with Gasteiger partial charge in [-0.3, -0.25) is 9.59 Å². The van der Waals surface area contributed by atoms with Crippen molar-refractivity contribution in [3.8, 4) is 0 Å². The first-order valence-corrected chi connectivity index (χ1v) is 10.3. The van der Waals surface area contributed by atoms with E-state index in [4.69, 9.17) is 0 Å². The van der Waals surface area contributed by atoms with Crippen LogP contribution >= 0.6 is 15.9 Å². The van der Waals surface area contributed by atoms with E-state index in [0.717, 1.165) is 14.7 Å². The second-order valence-corrected chi connectivity index (χ2v) is 7.73. The smallest absolute Gasteiger partial charge is 0.348 e. The van der Waals surface area contributed by atoms with E-state index < -0.39 is 5.69 Å². The number of rotatable bonds is 6. The van der Waals surface area contributed by atoms with Crippen molar-refractivity contribution < 1.29 is 9.59 Å². The van der Waals surface area contributed by atoms with Crippen LogP contribution in [0.5, 0.6) is 0 Å².